The molecular formula is CH3I2Th-. The first-order valence-electron chi connectivity index (χ1n) is 0.788. The van der Waals surface area contributed by atoms with Crippen LogP contribution in [0.4, 0.5) is 0 Å². The first kappa shape index (κ1) is 6.78. The van der Waals surface area contributed by atoms with Crippen LogP contribution in [0.2, 0.25) is 0 Å². The Morgan fingerprint density at radius 3 is 2.25 bits per heavy atom. The fraction of sp³-hybridized carbons (Fsp3) is 0. The fourth-order valence-corrected chi connectivity index (χ4v) is 0. The second-order valence-electron chi connectivity index (χ2n) is 0.101. The third-order valence-corrected chi connectivity index (χ3v) is 0. The molecule has 0 amide bonds. The van der Waals surface area contributed by atoms with Gasteiger partial charge in [-0.15, -0.1) is 0 Å². The van der Waals surface area contributed by atoms with Crippen molar-refractivity contribution in [1.29, 1.82) is 0.594 Å². The van der Waals surface area contributed by atoms with Crippen LogP contribution in [0.25, 0.3) is 0 Å². The van der Waals surface area contributed by atoms with Crippen LogP contribution in [0.3, 0.4) is 0 Å². The first-order valence-corrected chi connectivity index (χ1v) is 8.22. The van der Waals surface area contributed by atoms with Crippen LogP contribution in [-0.4, -0.2) is 0.594 Å². The Morgan fingerprint density at radius 1 is 2.25 bits per heavy atom. The third kappa shape index (κ3) is 8.84. The first-order chi connectivity index (χ1) is 1.73. The van der Waals surface area contributed by atoms with Gasteiger partial charge in [0, 0.05) is 39.9 Å². The summed E-state index contributed by atoms with van der Waals surface area (Å²) in [5.41, 5.74) is 0. The van der Waals surface area contributed by atoms with E-state index in [2.05, 4.69) is 23.5 Å². The summed E-state index contributed by atoms with van der Waals surface area (Å²) in [6.45, 7) is 0. The molecule has 0 aromatic carbocycles. The summed E-state index contributed by atoms with van der Waals surface area (Å²) in [6, 6.07) is 0. The van der Waals surface area contributed by atoms with E-state index in [-0.39, 0.29) is 39.9 Å². The molecule has 0 unspecified atom stereocenters. The zero-order valence-electron chi connectivity index (χ0n) is 2.96. The van der Waals surface area contributed by atoms with Gasteiger partial charge in [-0.3, -0.25) is 0 Å². The van der Waals surface area contributed by atoms with Gasteiger partial charge in [0.05, 0.1) is 0 Å². The fourth-order valence-electron chi connectivity index (χ4n) is 0. The molecule has 0 saturated carbocycles. The van der Waals surface area contributed by atoms with E-state index < -0.39 is 17.0 Å². The zero-order valence-corrected chi connectivity index (χ0v) is 10.4. The molecule has 0 radical (unpaired) electrons. The molecule has 26 valence electrons. The van der Waals surface area contributed by atoms with Crippen LogP contribution in [0.15, 0.2) is 0 Å². The Balaban J connectivity index is 0. The molecule has 0 aromatic heterocycles. The van der Waals surface area contributed by atoms with Gasteiger partial charge in [0.25, 0.3) is 0 Å². The Kier molecular flexibility index (Phi) is 15.7. The van der Waals surface area contributed by atoms with Crippen molar-refractivity contribution in [3.05, 3.63) is 4.93 Å². The third-order valence-electron chi connectivity index (χ3n) is 0. The molecule has 0 saturated heterocycles. The number of hydrogen-bond donors (Lipinski definition) is 0. The zero-order chi connectivity index (χ0) is 3.58. The Bertz CT molecular complexity index is 14.4. The SMILES string of the molecule is [3H]I([CH2-])I.[Th]. The van der Waals surface area contributed by atoms with E-state index in [4.69, 9.17) is 0.594 Å². The summed E-state index contributed by atoms with van der Waals surface area (Å²) in [5.74, 6) is 0. The van der Waals surface area contributed by atoms with Crippen LogP contribution in [0, 0.1) is 44.9 Å². The van der Waals surface area contributed by atoms with Crippen LogP contribution in [0.1, 0.15) is 0 Å². The molecule has 0 fully saturated rings. The van der Waals surface area contributed by atoms with E-state index in [9.17, 15) is 0 Å². The molecule has 0 aliphatic rings. The second kappa shape index (κ2) is 9.25. The normalized spacial score (nSPS) is 11.5. The van der Waals surface area contributed by atoms with Crippen molar-refractivity contribution in [3.63, 3.8) is 0 Å². The van der Waals surface area contributed by atoms with Gasteiger partial charge in [-0.05, 0) is 0 Å². The minimum atomic E-state index is -1.29. The van der Waals surface area contributed by atoms with Crippen molar-refractivity contribution in [2.24, 2.45) is 0 Å². The quantitative estimate of drug-likeness (QED) is 0.350. The largest absolute Gasteiger partial charge is 0 e. The molecule has 0 spiro atoms. The molecule has 0 atom stereocenters. The van der Waals surface area contributed by atoms with Gasteiger partial charge in [-0.25, -0.2) is 0 Å². The van der Waals surface area contributed by atoms with Gasteiger partial charge in [-0.1, -0.05) is 0 Å². The molecular weight excluding hydrogens is 498 g/mol. The molecule has 0 nitrogen and oxygen atoms in total. The van der Waals surface area contributed by atoms with Crippen LogP contribution in [-0.2, 0) is 0 Å². The van der Waals surface area contributed by atoms with E-state index in [1.54, 1.807) is 0 Å². The maximum absolute atomic E-state index is 6.62. The monoisotopic (exact) mass is 503 g/mol. The van der Waals surface area contributed by atoms with Gasteiger partial charge in [0.2, 0.25) is 0 Å². The summed E-state index contributed by atoms with van der Waals surface area (Å²) in [7, 11) is 0. The molecule has 0 aliphatic heterocycles. The van der Waals surface area contributed by atoms with E-state index in [1.165, 1.54) is 0 Å². The molecule has 4 heavy (non-hydrogen) atoms. The molecule has 0 N–H and O–H groups in total. The Morgan fingerprint density at radius 2 is 2.25 bits per heavy atom. The van der Waals surface area contributed by atoms with Crippen molar-refractivity contribution >= 4 is 35.6 Å². The predicted molar refractivity (Wildman–Crippen MR) is 34.8 cm³/mol. The van der Waals surface area contributed by atoms with Crippen molar-refractivity contribution in [1.82, 2.24) is 0 Å². The summed E-state index contributed by atoms with van der Waals surface area (Å²) < 4.78 is 6.62. The van der Waals surface area contributed by atoms with Gasteiger partial charge in [0.1, 0.15) is 0 Å². The summed E-state index contributed by atoms with van der Waals surface area (Å²) in [6.07, 6.45) is 0. The van der Waals surface area contributed by atoms with Crippen molar-refractivity contribution < 1.29 is 39.9 Å². The molecule has 3 heteroatoms. The van der Waals surface area contributed by atoms with Gasteiger partial charge in [-0.2, -0.15) is 0 Å². The van der Waals surface area contributed by atoms with Gasteiger partial charge in [0.15, 0.2) is 0 Å². The van der Waals surface area contributed by atoms with Gasteiger partial charge >= 0.3 is 41.2 Å². The summed E-state index contributed by atoms with van der Waals surface area (Å²) >= 11 is 0.762. The Hall–Kier alpha value is 2.78. The number of halogens is 2. The molecule has 0 bridgehead atoms. The smallest absolute Gasteiger partial charge is 0 e. The van der Waals surface area contributed by atoms with Crippen LogP contribution >= 0.6 is 35.6 Å². The minimum absolute atomic E-state index is 0. The predicted octanol–water partition coefficient (Wildman–Crippen LogP) is 1.83. The standard InChI is InChI=1S/CH3I2.Th/c1-3-2;/h3H,1H2;/q-1;/i3T;. The second-order valence-corrected chi connectivity index (χ2v) is 4.55. The molecule has 0 rings (SSSR count). The summed E-state index contributed by atoms with van der Waals surface area (Å²) in [5, 5.41) is 0. The minimum Gasteiger partial charge on any atom is 0 e. The van der Waals surface area contributed by atoms with Gasteiger partial charge < -0.3 is 0 Å². The van der Waals surface area contributed by atoms with Crippen molar-refractivity contribution in [3.8, 4) is 0 Å². The van der Waals surface area contributed by atoms with Crippen molar-refractivity contribution in [2.75, 3.05) is 0 Å². The molecule has 0 heterocycles. The van der Waals surface area contributed by atoms with E-state index in [0.29, 0.717) is 0 Å². The van der Waals surface area contributed by atoms with E-state index in [0.717, 1.165) is 0 Å². The van der Waals surface area contributed by atoms with Crippen LogP contribution in [0.5, 0.6) is 0 Å². The Labute approximate surface area is 79.1 Å². The molecule has 0 aliphatic carbocycles. The number of hydrogen-bond acceptors (Lipinski definition) is 0. The average molecular weight is 503 g/mol. The average Bonchev–Trinajstić information content (AvgIpc) is 0.811. The van der Waals surface area contributed by atoms with E-state index in [1.807, 2.05) is 0 Å². The molecule has 0 aromatic rings. The van der Waals surface area contributed by atoms with E-state index >= 15 is 0 Å². The van der Waals surface area contributed by atoms with Crippen molar-refractivity contribution in [2.45, 2.75) is 0 Å². The van der Waals surface area contributed by atoms with Crippen LogP contribution < -0.4 is 0 Å². The topological polar surface area (TPSA) is 0 Å². The number of rotatable bonds is 0. The maximum Gasteiger partial charge on any atom is 0 e. The maximum atomic E-state index is 6.62. The summed E-state index contributed by atoms with van der Waals surface area (Å²) in [4.78, 5) is 3.45.